The third kappa shape index (κ3) is 14.5. The van der Waals surface area contributed by atoms with Gasteiger partial charge in [0.15, 0.2) is 11.6 Å². The Morgan fingerprint density at radius 3 is 1.82 bits per heavy atom. The maximum absolute atomic E-state index is 14.4. The minimum atomic E-state index is -0.616. The Morgan fingerprint density at radius 2 is 1.10 bits per heavy atom. The van der Waals surface area contributed by atoms with Gasteiger partial charge in [-0.05, 0) is 90.7 Å². The van der Waals surface area contributed by atoms with E-state index in [9.17, 15) is 19.2 Å². The number of ether oxygens (including phenoxy) is 1. The van der Waals surface area contributed by atoms with E-state index in [1.807, 2.05) is 137 Å². The van der Waals surface area contributed by atoms with Crippen LogP contribution in [0.2, 0.25) is 0 Å². The second kappa shape index (κ2) is 26.0. The van der Waals surface area contributed by atoms with Crippen LogP contribution in [0.3, 0.4) is 0 Å². The van der Waals surface area contributed by atoms with Crippen LogP contribution in [-0.4, -0.2) is 174 Å². The molecular weight excluding hydrogens is 1030 g/mol. The number of nitrogens with one attached hydrogen (secondary N) is 4. The Hall–Kier alpha value is -8.48. The van der Waals surface area contributed by atoms with Crippen molar-refractivity contribution in [3.05, 3.63) is 131 Å². The van der Waals surface area contributed by atoms with E-state index in [0.29, 0.717) is 88.3 Å². The fourth-order valence-electron chi connectivity index (χ4n) is 7.62. The van der Waals surface area contributed by atoms with Crippen LogP contribution in [0.4, 0.5) is 23.0 Å². The molecule has 0 radical (unpaired) electrons. The first kappa shape index (κ1) is 55.7. The molecule has 4 heterocycles. The Morgan fingerprint density at radius 1 is 0.513 bits per heavy atom. The standard InChI is InChI=1S/C55H60N16O5S2/c1-9-76-55(75)54-67-65-52(78-54)39-31-36(22-23-41(39)61-49(73)43-33-45(71(8)29-28-70(6)7)63-46(59-43)34-16-11-10-12-17-34)35-18-15-19-37(30-35)47-58-42(32-44(62-47)56-24-26-68(2)3)48(72)60-40-21-14-13-20-38(40)51-64-66-53(77-51)50(74)57-25-27-69(4)5/h10-23,30-33H,9,24-29H2,1-8H3,(H,57,74)(H,60,72)(H,61,73)(H,56,58,62). The zero-order valence-corrected chi connectivity index (χ0v) is 46.2. The first-order valence-corrected chi connectivity index (χ1v) is 26.6. The van der Waals surface area contributed by atoms with Gasteiger partial charge in [0.1, 0.15) is 33.0 Å². The molecule has 4 aromatic carbocycles. The Kier molecular flexibility index (Phi) is 18.6. The maximum Gasteiger partial charge on any atom is 0.369 e. The van der Waals surface area contributed by atoms with E-state index in [1.54, 1.807) is 43.3 Å². The van der Waals surface area contributed by atoms with Crippen molar-refractivity contribution in [1.29, 1.82) is 0 Å². The number of aromatic nitrogens is 8. The summed E-state index contributed by atoms with van der Waals surface area (Å²) in [6, 6.07) is 32.9. The van der Waals surface area contributed by atoms with Gasteiger partial charge >= 0.3 is 5.97 Å². The van der Waals surface area contributed by atoms with Gasteiger partial charge in [-0.25, -0.2) is 24.7 Å². The van der Waals surface area contributed by atoms with Crippen molar-refractivity contribution in [2.45, 2.75) is 6.92 Å². The average molecular weight is 1090 g/mol. The van der Waals surface area contributed by atoms with Crippen LogP contribution < -0.4 is 26.2 Å². The Bertz CT molecular complexity index is 3400. The van der Waals surface area contributed by atoms with Gasteiger partial charge < -0.3 is 45.6 Å². The smallest absolute Gasteiger partial charge is 0.369 e. The fraction of sp³-hybridized carbons (Fsp3) is 0.273. The molecule has 4 N–H and O–H groups in total. The minimum Gasteiger partial charge on any atom is -0.461 e. The number of para-hydroxylation sites is 1. The van der Waals surface area contributed by atoms with Gasteiger partial charge in [0.05, 0.1) is 18.0 Å². The molecule has 0 saturated carbocycles. The number of amides is 3. The minimum absolute atomic E-state index is 0.0508. The van der Waals surface area contributed by atoms with Gasteiger partial charge in [0, 0.05) is 80.7 Å². The van der Waals surface area contributed by atoms with Crippen LogP contribution in [-0.2, 0) is 4.74 Å². The van der Waals surface area contributed by atoms with Gasteiger partial charge in [0.2, 0.25) is 10.0 Å². The number of likely N-dealkylation sites (N-methyl/N-ethyl adjacent to an activating group) is 4. The molecular formula is C55H60N16O5S2. The van der Waals surface area contributed by atoms with E-state index in [1.165, 1.54) is 0 Å². The van der Waals surface area contributed by atoms with Crippen LogP contribution in [0.25, 0.3) is 55.0 Å². The topological polar surface area (TPSA) is 242 Å². The quantitative estimate of drug-likeness (QED) is 0.0461. The molecule has 0 aliphatic carbocycles. The van der Waals surface area contributed by atoms with Crippen molar-refractivity contribution in [2.24, 2.45) is 0 Å². The number of carbonyl (C=O) groups is 4. The monoisotopic (exact) mass is 1090 g/mol. The number of hydrogen-bond acceptors (Lipinski definition) is 20. The third-order valence-corrected chi connectivity index (χ3v) is 13.7. The molecule has 21 nitrogen and oxygen atoms in total. The van der Waals surface area contributed by atoms with E-state index in [2.05, 4.69) is 46.6 Å². The van der Waals surface area contributed by atoms with E-state index in [-0.39, 0.29) is 39.7 Å². The van der Waals surface area contributed by atoms with E-state index in [0.717, 1.165) is 45.9 Å². The summed E-state index contributed by atoms with van der Waals surface area (Å²) in [5.41, 5.74) is 4.95. The van der Waals surface area contributed by atoms with Gasteiger partial charge in [0.25, 0.3) is 17.7 Å². The van der Waals surface area contributed by atoms with Crippen LogP contribution in [0.5, 0.6) is 0 Å². The molecule has 0 fully saturated rings. The molecule has 0 saturated heterocycles. The van der Waals surface area contributed by atoms with Gasteiger partial charge in [-0.1, -0.05) is 89.4 Å². The summed E-state index contributed by atoms with van der Waals surface area (Å²) in [7, 11) is 13.7. The zero-order valence-electron chi connectivity index (χ0n) is 44.6. The summed E-state index contributed by atoms with van der Waals surface area (Å²) in [5, 5.41) is 30.3. The first-order valence-electron chi connectivity index (χ1n) is 24.9. The summed E-state index contributed by atoms with van der Waals surface area (Å²) in [4.78, 5) is 81.7. The first-order chi connectivity index (χ1) is 37.6. The number of carbonyl (C=O) groups excluding carboxylic acids is 4. The van der Waals surface area contributed by atoms with Crippen LogP contribution >= 0.6 is 22.7 Å². The van der Waals surface area contributed by atoms with Crippen molar-refractivity contribution in [3.8, 4) is 55.0 Å². The highest BCUT2D eigenvalue weighted by Gasteiger charge is 2.23. The third-order valence-electron chi connectivity index (χ3n) is 11.8. The molecule has 3 amide bonds. The summed E-state index contributed by atoms with van der Waals surface area (Å²) < 4.78 is 5.24. The van der Waals surface area contributed by atoms with Crippen LogP contribution in [0.15, 0.2) is 109 Å². The second-order valence-electron chi connectivity index (χ2n) is 18.6. The van der Waals surface area contributed by atoms with Crippen molar-refractivity contribution in [3.63, 3.8) is 0 Å². The number of hydrogen-bond donors (Lipinski definition) is 4. The molecule has 78 heavy (non-hydrogen) atoms. The molecule has 0 atom stereocenters. The Balaban J connectivity index is 1.12. The lowest BCUT2D eigenvalue weighted by Gasteiger charge is -2.21. The van der Waals surface area contributed by atoms with Gasteiger partial charge in [-0.15, -0.1) is 20.4 Å². The molecule has 0 bridgehead atoms. The predicted octanol–water partition coefficient (Wildman–Crippen LogP) is 7.25. The second-order valence-corrected chi connectivity index (χ2v) is 20.6. The highest BCUT2D eigenvalue weighted by molar-refractivity contribution is 7.16. The number of anilines is 4. The molecule has 0 aliphatic heterocycles. The van der Waals surface area contributed by atoms with Crippen LogP contribution in [0, 0.1) is 0 Å². The summed E-state index contributed by atoms with van der Waals surface area (Å²) in [5.74, 6) is -0.269. The van der Waals surface area contributed by atoms with Crippen molar-refractivity contribution >= 4 is 69.4 Å². The van der Waals surface area contributed by atoms with E-state index < -0.39 is 17.8 Å². The molecule has 0 spiro atoms. The summed E-state index contributed by atoms with van der Waals surface area (Å²) in [6.07, 6.45) is 0. The SMILES string of the molecule is CCOC(=O)c1nnc(-c2cc(-c3cccc(-c4nc(NCCN(C)C)cc(C(=O)Nc5ccccc5-c5nnc(C(=O)NCCN(C)C)s5)n4)c3)ccc2NC(=O)c2cc(N(C)CCN(C)C)nc(-c3ccccc3)n2)s1. The highest BCUT2D eigenvalue weighted by atomic mass is 32.1. The fourth-order valence-corrected chi connectivity index (χ4v) is 9.18. The lowest BCUT2D eigenvalue weighted by molar-refractivity contribution is 0.0524. The normalized spacial score (nSPS) is 11.2. The van der Waals surface area contributed by atoms with Gasteiger partial charge in [-0.3, -0.25) is 14.4 Å². The van der Waals surface area contributed by atoms with Crippen molar-refractivity contribution in [2.75, 3.05) is 116 Å². The van der Waals surface area contributed by atoms with Crippen molar-refractivity contribution in [1.82, 2.24) is 60.3 Å². The average Bonchev–Trinajstić information content (AvgIpc) is 4.19. The molecule has 402 valence electrons. The summed E-state index contributed by atoms with van der Waals surface area (Å²) in [6.45, 7) is 5.62. The molecule has 4 aromatic heterocycles. The van der Waals surface area contributed by atoms with E-state index in [4.69, 9.17) is 24.7 Å². The van der Waals surface area contributed by atoms with Crippen molar-refractivity contribution < 1.29 is 23.9 Å². The maximum atomic E-state index is 14.4. The molecule has 0 unspecified atom stereocenters. The number of benzene rings is 4. The molecule has 23 heteroatoms. The summed E-state index contributed by atoms with van der Waals surface area (Å²) >= 11 is 2.15. The molecule has 8 aromatic rings. The molecule has 8 rings (SSSR count). The largest absolute Gasteiger partial charge is 0.461 e. The number of nitrogens with zero attached hydrogens (tertiary/aromatic N) is 12. The zero-order chi connectivity index (χ0) is 55.3. The predicted molar refractivity (Wildman–Crippen MR) is 306 cm³/mol. The molecule has 0 aliphatic rings. The van der Waals surface area contributed by atoms with E-state index >= 15 is 0 Å². The van der Waals surface area contributed by atoms with Gasteiger partial charge in [-0.2, -0.15) is 0 Å². The number of esters is 1. The number of rotatable bonds is 23. The lowest BCUT2D eigenvalue weighted by atomic mass is 9.99. The van der Waals surface area contributed by atoms with Crippen LogP contribution in [0.1, 0.15) is 47.5 Å². The lowest BCUT2D eigenvalue weighted by Crippen LogP contribution is -2.31. The highest BCUT2D eigenvalue weighted by Crippen LogP contribution is 2.37. The Labute approximate surface area is 460 Å².